The van der Waals surface area contributed by atoms with E-state index in [1.807, 2.05) is 30.3 Å². The molecule has 0 radical (unpaired) electrons. The van der Waals surface area contributed by atoms with Gasteiger partial charge >= 0.3 is 0 Å². The summed E-state index contributed by atoms with van der Waals surface area (Å²) in [5.74, 6) is -0.221. The van der Waals surface area contributed by atoms with Gasteiger partial charge in [0.25, 0.3) is 0 Å². The van der Waals surface area contributed by atoms with Crippen molar-refractivity contribution in [3.05, 3.63) is 70.7 Å². The van der Waals surface area contributed by atoms with Gasteiger partial charge in [-0.1, -0.05) is 35.9 Å². The predicted octanol–water partition coefficient (Wildman–Crippen LogP) is 4.27. The topological polar surface area (TPSA) is 51.5 Å². The average molecular weight is 362 g/mol. The van der Waals surface area contributed by atoms with Crippen LogP contribution in [0.5, 0.6) is 0 Å². The fourth-order valence-electron chi connectivity index (χ4n) is 2.59. The van der Waals surface area contributed by atoms with Crippen molar-refractivity contribution in [3.8, 4) is 0 Å². The highest BCUT2D eigenvalue weighted by atomic mass is 35.5. The number of carbonyl (C=O) groups excluding carboxylic acids is 1. The molecule has 0 fully saturated rings. The maximum Gasteiger partial charge on any atom is 0.224 e. The fourth-order valence-corrected chi connectivity index (χ4v) is 2.82. The zero-order chi connectivity index (χ0) is 17.8. The van der Waals surface area contributed by atoms with Crippen LogP contribution in [0.1, 0.15) is 17.4 Å². The van der Waals surface area contributed by atoms with Gasteiger partial charge in [0.15, 0.2) is 0 Å². The van der Waals surface area contributed by atoms with Gasteiger partial charge in [-0.15, -0.1) is 0 Å². The molecule has 0 aliphatic heterocycles. The lowest BCUT2D eigenvalue weighted by Gasteiger charge is -2.14. The molecule has 1 aromatic heterocycles. The monoisotopic (exact) mass is 361 g/mol. The zero-order valence-electron chi connectivity index (χ0n) is 13.6. The molecule has 3 rings (SSSR count). The zero-order valence-corrected chi connectivity index (χ0v) is 14.3. The van der Waals surface area contributed by atoms with E-state index in [4.69, 9.17) is 20.8 Å². The maximum atomic E-state index is 13.8. The van der Waals surface area contributed by atoms with Crippen molar-refractivity contribution in [2.45, 2.75) is 12.5 Å². The molecule has 1 amide bonds. The lowest BCUT2D eigenvalue weighted by Crippen LogP contribution is -2.30. The first-order chi connectivity index (χ1) is 12.1. The minimum Gasteiger partial charge on any atom is -0.458 e. The number of methoxy groups -OCH3 is 1. The fraction of sp³-hybridized carbons (Fsp3) is 0.211. The molecule has 4 nitrogen and oxygen atoms in total. The minimum atomic E-state index is -0.497. The predicted molar refractivity (Wildman–Crippen MR) is 94.1 cm³/mol. The lowest BCUT2D eigenvalue weighted by atomic mass is 10.1. The Bertz CT molecular complexity index is 840. The number of hydrogen-bond acceptors (Lipinski definition) is 3. The molecule has 0 spiro atoms. The quantitative estimate of drug-likeness (QED) is 0.713. The SMILES string of the molecule is CO[C@@H](CNC(=O)Cc1c(F)cccc1Cl)c1cc2ccccc2o1. The van der Waals surface area contributed by atoms with E-state index in [2.05, 4.69) is 5.32 Å². The number of nitrogens with one attached hydrogen (secondary N) is 1. The van der Waals surface area contributed by atoms with Crippen molar-refractivity contribution < 1.29 is 18.3 Å². The molecule has 25 heavy (non-hydrogen) atoms. The van der Waals surface area contributed by atoms with Gasteiger partial charge in [0, 0.05) is 23.1 Å². The van der Waals surface area contributed by atoms with E-state index in [-0.39, 0.29) is 29.5 Å². The normalized spacial score (nSPS) is 12.3. The number of para-hydroxylation sites is 1. The molecule has 6 heteroatoms. The second-order valence-corrected chi connectivity index (χ2v) is 6.00. The van der Waals surface area contributed by atoms with E-state index in [1.54, 1.807) is 6.07 Å². The van der Waals surface area contributed by atoms with E-state index in [0.717, 1.165) is 11.0 Å². The van der Waals surface area contributed by atoms with Crippen LogP contribution in [0.2, 0.25) is 5.02 Å². The summed E-state index contributed by atoms with van der Waals surface area (Å²) in [5, 5.41) is 3.92. The highest BCUT2D eigenvalue weighted by Crippen LogP contribution is 2.25. The number of amides is 1. The van der Waals surface area contributed by atoms with Crippen LogP contribution >= 0.6 is 11.6 Å². The van der Waals surface area contributed by atoms with E-state index >= 15 is 0 Å². The van der Waals surface area contributed by atoms with Gasteiger partial charge < -0.3 is 14.5 Å². The van der Waals surface area contributed by atoms with Crippen molar-refractivity contribution in [1.82, 2.24) is 5.32 Å². The van der Waals surface area contributed by atoms with Gasteiger partial charge in [0.2, 0.25) is 5.91 Å². The van der Waals surface area contributed by atoms with Crippen LogP contribution < -0.4 is 5.32 Å². The van der Waals surface area contributed by atoms with Crippen LogP contribution in [0.15, 0.2) is 52.9 Å². The van der Waals surface area contributed by atoms with Crippen molar-refractivity contribution in [2.24, 2.45) is 0 Å². The molecule has 1 N–H and O–H groups in total. The Balaban J connectivity index is 1.65. The Morgan fingerprint density at radius 1 is 1.28 bits per heavy atom. The number of fused-ring (bicyclic) bond motifs is 1. The maximum absolute atomic E-state index is 13.8. The number of hydrogen-bond donors (Lipinski definition) is 1. The van der Waals surface area contributed by atoms with Crippen LogP contribution in [0.25, 0.3) is 11.0 Å². The molecule has 0 saturated carbocycles. The Kier molecular flexibility index (Phi) is 5.36. The smallest absolute Gasteiger partial charge is 0.224 e. The lowest BCUT2D eigenvalue weighted by molar-refractivity contribution is -0.121. The van der Waals surface area contributed by atoms with Crippen LogP contribution in [-0.4, -0.2) is 19.6 Å². The first kappa shape index (κ1) is 17.5. The van der Waals surface area contributed by atoms with Gasteiger partial charge in [0.05, 0.1) is 13.0 Å². The largest absolute Gasteiger partial charge is 0.458 e. The molecule has 0 saturated heterocycles. The Hall–Kier alpha value is -2.37. The summed E-state index contributed by atoms with van der Waals surface area (Å²) in [6, 6.07) is 13.8. The molecule has 130 valence electrons. The number of rotatable bonds is 6. The Morgan fingerprint density at radius 3 is 2.80 bits per heavy atom. The molecule has 1 atom stereocenters. The molecule has 2 aromatic carbocycles. The van der Waals surface area contributed by atoms with Gasteiger partial charge in [-0.3, -0.25) is 4.79 Å². The third-order valence-electron chi connectivity index (χ3n) is 3.93. The van der Waals surface area contributed by atoms with Crippen molar-refractivity contribution in [1.29, 1.82) is 0 Å². The third-order valence-corrected chi connectivity index (χ3v) is 4.28. The van der Waals surface area contributed by atoms with Gasteiger partial charge in [-0.25, -0.2) is 4.39 Å². The second kappa shape index (κ2) is 7.68. The highest BCUT2D eigenvalue weighted by Gasteiger charge is 2.18. The third kappa shape index (κ3) is 4.00. The summed E-state index contributed by atoms with van der Waals surface area (Å²) in [4.78, 5) is 12.1. The molecule has 0 unspecified atom stereocenters. The van der Waals surface area contributed by atoms with E-state index in [1.165, 1.54) is 19.2 Å². The Morgan fingerprint density at radius 2 is 2.08 bits per heavy atom. The second-order valence-electron chi connectivity index (χ2n) is 5.59. The molecular formula is C19H17ClFNO3. The summed E-state index contributed by atoms with van der Waals surface area (Å²) in [5.41, 5.74) is 0.934. The molecule has 1 heterocycles. The molecule has 0 bridgehead atoms. The standard InChI is InChI=1S/C19H17ClFNO3/c1-24-18(17-9-12-5-2-3-8-16(12)25-17)11-22-19(23)10-13-14(20)6-4-7-15(13)21/h2-9,18H,10-11H2,1H3,(H,22,23)/t18-/m0/s1. The van der Waals surface area contributed by atoms with Gasteiger partial charge in [-0.2, -0.15) is 0 Å². The van der Waals surface area contributed by atoms with E-state index < -0.39 is 11.9 Å². The summed E-state index contributed by atoms with van der Waals surface area (Å²) in [6.07, 6.45) is -0.574. The first-order valence-corrected chi connectivity index (χ1v) is 8.17. The summed E-state index contributed by atoms with van der Waals surface area (Å²) in [6.45, 7) is 0.210. The molecule has 0 aliphatic carbocycles. The number of benzene rings is 2. The molecule has 0 aliphatic rings. The van der Waals surface area contributed by atoms with Crippen molar-refractivity contribution in [3.63, 3.8) is 0 Å². The summed E-state index contributed by atoms with van der Waals surface area (Å²) >= 11 is 5.94. The van der Waals surface area contributed by atoms with Crippen molar-refractivity contribution >= 4 is 28.5 Å². The van der Waals surface area contributed by atoms with E-state index in [9.17, 15) is 9.18 Å². The number of ether oxygens (including phenoxy) is 1. The Labute approximate surface area is 149 Å². The number of halogens is 2. The van der Waals surface area contributed by atoms with Crippen molar-refractivity contribution in [2.75, 3.05) is 13.7 Å². The van der Waals surface area contributed by atoms with Crippen LogP contribution in [0.3, 0.4) is 0 Å². The molecular weight excluding hydrogens is 345 g/mol. The van der Waals surface area contributed by atoms with E-state index in [0.29, 0.717) is 5.76 Å². The molecule has 3 aromatic rings. The van der Waals surface area contributed by atoms with Crippen LogP contribution in [-0.2, 0) is 16.0 Å². The summed E-state index contributed by atoms with van der Waals surface area (Å²) in [7, 11) is 1.54. The summed E-state index contributed by atoms with van der Waals surface area (Å²) < 4.78 is 24.9. The van der Waals surface area contributed by atoms with Gasteiger partial charge in [0.1, 0.15) is 23.3 Å². The van der Waals surface area contributed by atoms with Crippen LogP contribution in [0, 0.1) is 5.82 Å². The highest BCUT2D eigenvalue weighted by molar-refractivity contribution is 6.31. The first-order valence-electron chi connectivity index (χ1n) is 7.79. The minimum absolute atomic E-state index is 0.137. The van der Waals surface area contributed by atoms with Crippen LogP contribution in [0.4, 0.5) is 4.39 Å². The number of carbonyl (C=O) groups is 1. The van der Waals surface area contributed by atoms with Gasteiger partial charge in [-0.05, 0) is 24.3 Å². The number of furan rings is 1. The average Bonchev–Trinajstić information content (AvgIpc) is 3.02.